The van der Waals surface area contributed by atoms with Crippen molar-refractivity contribution in [2.45, 2.75) is 154 Å². The van der Waals surface area contributed by atoms with Crippen LogP contribution in [0.3, 0.4) is 0 Å². The molecule has 0 aliphatic carbocycles. The van der Waals surface area contributed by atoms with Gasteiger partial charge in [0.1, 0.15) is 128 Å². The maximum absolute atomic E-state index is 14.1. The first-order valence-electron chi connectivity index (χ1n) is 27.7. The molecule has 5 aliphatic heterocycles. The Morgan fingerprint density at radius 1 is 0.472 bits per heavy atom. The van der Waals surface area contributed by atoms with Crippen molar-refractivity contribution in [2.75, 3.05) is 39.6 Å². The zero-order valence-electron chi connectivity index (χ0n) is 47.0. The van der Waals surface area contributed by atoms with Crippen LogP contribution in [0.25, 0.3) is 12.2 Å². The van der Waals surface area contributed by atoms with Crippen molar-refractivity contribution >= 4 is 36.0 Å². The topological polar surface area (TPSA) is 492 Å². The van der Waals surface area contributed by atoms with Crippen molar-refractivity contribution in [3.05, 3.63) is 108 Å². The fourth-order valence-electron chi connectivity index (χ4n) is 10.1. The Morgan fingerprint density at radius 2 is 0.955 bits per heavy atom. The van der Waals surface area contributed by atoms with E-state index in [1.165, 1.54) is 84.9 Å². The van der Waals surface area contributed by atoms with Crippen LogP contribution in [-0.2, 0) is 76.0 Å². The average Bonchev–Trinajstić information content (AvgIpc) is 1.75. The minimum absolute atomic E-state index is 0.105. The Balaban J connectivity index is 1.27. The molecule has 32 heteroatoms. The van der Waals surface area contributed by atoms with Crippen molar-refractivity contribution in [2.24, 2.45) is 0 Å². The number of esters is 4. The van der Waals surface area contributed by atoms with Crippen LogP contribution in [-0.4, -0.2) is 287 Å². The van der Waals surface area contributed by atoms with E-state index in [1.54, 1.807) is 6.07 Å². The van der Waals surface area contributed by atoms with Gasteiger partial charge in [-0.25, -0.2) is 14.4 Å². The number of aromatic hydroxyl groups is 2. The number of ether oxygens (including phenoxy) is 13. The van der Waals surface area contributed by atoms with E-state index in [4.69, 9.17) is 61.6 Å². The van der Waals surface area contributed by atoms with E-state index in [1.807, 2.05) is 0 Å². The Labute approximate surface area is 504 Å². The van der Waals surface area contributed by atoms with Gasteiger partial charge in [-0.3, -0.25) is 4.79 Å². The summed E-state index contributed by atoms with van der Waals surface area (Å²) in [5, 5.41) is 164. The first-order chi connectivity index (χ1) is 42.5. The molecule has 0 saturated carbocycles. The minimum Gasteiger partial charge on any atom is -0.508 e. The van der Waals surface area contributed by atoms with Gasteiger partial charge in [0.25, 0.3) is 0 Å². The summed E-state index contributed by atoms with van der Waals surface area (Å²) in [5.41, 5.74) is 0.548. The molecular formula is C57H70O32. The van der Waals surface area contributed by atoms with Gasteiger partial charge >= 0.3 is 23.9 Å². The maximum Gasteiger partial charge on any atom is 0.338 e. The summed E-state index contributed by atoms with van der Waals surface area (Å²) in [5.74, 6) is -7.81. The number of carbonyl (C=O) groups excluding carboxylic acids is 4. The van der Waals surface area contributed by atoms with Crippen molar-refractivity contribution in [3.8, 4) is 11.5 Å². The van der Waals surface area contributed by atoms with E-state index in [0.29, 0.717) is 11.1 Å². The highest BCUT2D eigenvalue weighted by atomic mass is 16.8. The van der Waals surface area contributed by atoms with Gasteiger partial charge in [0.2, 0.25) is 5.79 Å². The summed E-state index contributed by atoms with van der Waals surface area (Å²) in [6, 6.07) is 17.9. The lowest BCUT2D eigenvalue weighted by Crippen LogP contribution is -2.69. The van der Waals surface area contributed by atoms with Crippen LogP contribution in [0.5, 0.6) is 11.5 Å². The van der Waals surface area contributed by atoms with E-state index in [0.717, 1.165) is 19.1 Å². The number of hydrogen-bond acceptors (Lipinski definition) is 32. The zero-order valence-corrected chi connectivity index (χ0v) is 47.0. The number of aliphatic hydroxyl groups is 13. The van der Waals surface area contributed by atoms with E-state index < -0.39 is 210 Å². The van der Waals surface area contributed by atoms with Gasteiger partial charge in [-0.1, -0.05) is 42.5 Å². The molecule has 0 radical (unpaired) electrons. The number of phenolic OH excluding ortho intramolecular Hbond substituents is 2. The third-order valence-corrected chi connectivity index (χ3v) is 14.9. The molecule has 8 rings (SSSR count). The number of phenols is 2. The van der Waals surface area contributed by atoms with Crippen LogP contribution < -0.4 is 0 Å². The van der Waals surface area contributed by atoms with E-state index in [2.05, 4.69) is 0 Å². The van der Waals surface area contributed by atoms with Gasteiger partial charge in [-0.15, -0.1) is 0 Å². The number of carbonyl (C=O) groups is 4. The molecule has 0 spiro atoms. The largest absolute Gasteiger partial charge is 0.508 e. The first kappa shape index (κ1) is 68.6. The van der Waals surface area contributed by atoms with E-state index in [9.17, 15) is 95.8 Å². The fraction of sp³-hybridized carbons (Fsp3) is 0.544. The molecule has 89 heavy (non-hydrogen) atoms. The third-order valence-electron chi connectivity index (χ3n) is 14.9. The van der Waals surface area contributed by atoms with E-state index >= 15 is 0 Å². The molecule has 5 aliphatic rings. The van der Waals surface area contributed by atoms with Crippen LogP contribution in [0.15, 0.2) is 91.0 Å². The lowest BCUT2D eigenvalue weighted by molar-refractivity contribution is -0.423. The number of benzene rings is 3. The van der Waals surface area contributed by atoms with Crippen LogP contribution >= 0.6 is 0 Å². The zero-order chi connectivity index (χ0) is 64.4. The van der Waals surface area contributed by atoms with Crippen molar-refractivity contribution < 1.29 is 157 Å². The number of rotatable bonds is 23. The van der Waals surface area contributed by atoms with Gasteiger partial charge < -0.3 is 138 Å². The molecule has 3 aromatic rings. The van der Waals surface area contributed by atoms with Crippen LogP contribution in [0.1, 0.15) is 28.4 Å². The Kier molecular flexibility index (Phi) is 23.7. The molecule has 0 unspecified atom stereocenters. The molecule has 5 saturated heterocycles. The number of hydrogen-bond donors (Lipinski definition) is 15. The molecule has 32 nitrogen and oxygen atoms in total. The third kappa shape index (κ3) is 16.3. The SMILES string of the molecule is CC(=O)OC[C@H]1O[C@@H](O[C@@H]2[C@@H](O[C@H]3O[C@@H](CO)[C@H](O)[C@@H](O)[C@@H]3O)[C@@H](O[C@]3(COC(=O)/C=C/c4ccc(O)cc4)O[C@H](CO)[C@@H](O)[C@@H]3OC(=O)c3ccccc3)O[C@H](CO)[C@H]2OC(=O)/C=C/c2ccc(O)cc2)[C@H](O)[C@@H](O[C@H]2O[C@@H](CO)[C@H](O)[C@@H](O)[C@@H]2O)[C@@H]1O. The quantitative estimate of drug-likeness (QED) is 0.0239. The molecule has 0 bridgehead atoms. The predicted molar refractivity (Wildman–Crippen MR) is 288 cm³/mol. The van der Waals surface area contributed by atoms with Gasteiger partial charge in [-0.05, 0) is 59.7 Å². The van der Waals surface area contributed by atoms with Gasteiger partial charge in [0.05, 0.1) is 32.0 Å². The highest BCUT2D eigenvalue weighted by Crippen LogP contribution is 2.42. The van der Waals surface area contributed by atoms with Crippen LogP contribution in [0.4, 0.5) is 0 Å². The van der Waals surface area contributed by atoms with Crippen molar-refractivity contribution in [3.63, 3.8) is 0 Å². The van der Waals surface area contributed by atoms with Crippen LogP contribution in [0.2, 0.25) is 0 Å². The highest BCUT2D eigenvalue weighted by molar-refractivity contribution is 5.90. The molecular weight excluding hydrogens is 1200 g/mol. The lowest BCUT2D eigenvalue weighted by Gasteiger charge is -2.51. The summed E-state index contributed by atoms with van der Waals surface area (Å²) < 4.78 is 77.6. The maximum atomic E-state index is 14.1. The summed E-state index contributed by atoms with van der Waals surface area (Å²) in [4.78, 5) is 54.1. The second-order valence-electron chi connectivity index (χ2n) is 21.1. The highest BCUT2D eigenvalue weighted by Gasteiger charge is 2.64. The Morgan fingerprint density at radius 3 is 1.48 bits per heavy atom. The average molecular weight is 1270 g/mol. The van der Waals surface area contributed by atoms with Gasteiger partial charge in [-0.2, -0.15) is 0 Å². The monoisotopic (exact) mass is 1270 g/mol. The first-order valence-corrected chi connectivity index (χ1v) is 27.7. The normalized spacial score (nSPS) is 37.4. The van der Waals surface area contributed by atoms with Gasteiger partial charge in [0.15, 0.2) is 37.4 Å². The molecule has 3 aromatic carbocycles. The second-order valence-corrected chi connectivity index (χ2v) is 21.1. The molecule has 0 aromatic heterocycles. The molecule has 490 valence electrons. The standard InChI is InChI=1S/C57H70O32/c1-25(62)77-23-35-40(69)48(84-53-44(73)42(71)38(67)31(19-58)79-53)46(75)55(82-35)85-49-47(83-37(66)18-12-27-9-15-30(64)16-10-27)34(22-61)81-56(50(49)86-54-45(74)43(72)39(68)32(20-59)80-54)89-57(24-78-36(65)17-11-26-7-13-29(63)14-8-26)51(41(70)33(21-60)88-57)87-52(76)28-5-3-2-4-6-28/h2-18,31-35,38-51,53-56,58-61,63-64,67-75H,19-24H2,1H3/b17-11+,18-12+/t31-,32-,33+,34+,35+,38-,39-,40+,41+,42+,43+,44-,45-,46+,47+,48-,49-,50+,51-,53+,54+,55-,56+,57-/m0/s1. The Bertz CT molecular complexity index is 2840. The Hall–Kier alpha value is -6.26. The van der Waals surface area contributed by atoms with E-state index in [-0.39, 0.29) is 17.1 Å². The smallest absolute Gasteiger partial charge is 0.338 e. The van der Waals surface area contributed by atoms with Crippen LogP contribution in [0, 0.1) is 0 Å². The van der Waals surface area contributed by atoms with Gasteiger partial charge in [0, 0.05) is 19.1 Å². The molecule has 0 amide bonds. The molecule has 5 heterocycles. The summed E-state index contributed by atoms with van der Waals surface area (Å²) in [6.45, 7) is -5.52. The number of aliphatic hydroxyl groups excluding tert-OH is 13. The summed E-state index contributed by atoms with van der Waals surface area (Å²) in [7, 11) is 0. The second kappa shape index (κ2) is 30.7. The molecule has 5 fully saturated rings. The minimum atomic E-state index is -2.97. The van der Waals surface area contributed by atoms with Crippen molar-refractivity contribution in [1.29, 1.82) is 0 Å². The van der Waals surface area contributed by atoms with Crippen molar-refractivity contribution in [1.82, 2.24) is 0 Å². The summed E-state index contributed by atoms with van der Waals surface area (Å²) >= 11 is 0. The summed E-state index contributed by atoms with van der Waals surface area (Å²) in [6.07, 6.45) is -44.9. The lowest BCUT2D eigenvalue weighted by atomic mass is 9.95. The predicted octanol–water partition coefficient (Wildman–Crippen LogP) is -5.55. The fourth-order valence-corrected chi connectivity index (χ4v) is 10.1. The molecule has 15 N–H and O–H groups in total. The molecule has 24 atom stereocenters.